The normalized spacial score (nSPS) is 17.1. The Labute approximate surface area is 122 Å². The second-order valence-electron chi connectivity index (χ2n) is 5.04. The minimum atomic E-state index is -0.916. The maximum Gasteiger partial charge on any atom is 0.328 e. The summed E-state index contributed by atoms with van der Waals surface area (Å²) in [7, 11) is 0. The number of anilines is 1. The van der Waals surface area contributed by atoms with Crippen molar-refractivity contribution in [3.05, 3.63) is 34.3 Å². The lowest BCUT2D eigenvalue weighted by atomic mass is 9.98. The highest BCUT2D eigenvalue weighted by Crippen LogP contribution is 2.29. The minimum absolute atomic E-state index is 0.779. The number of hydrogen-bond donors (Lipinski definition) is 1. The quantitative estimate of drug-likeness (QED) is 0.860. The summed E-state index contributed by atoms with van der Waals surface area (Å²) in [5.74, 6) is -0.137. The van der Waals surface area contributed by atoms with Gasteiger partial charge in [0.05, 0.1) is 0 Å². The summed E-state index contributed by atoms with van der Waals surface area (Å²) in [6.07, 6.45) is 5.24. The highest BCUT2D eigenvalue weighted by atomic mass is 79.9. The number of benzene rings is 1. The van der Waals surface area contributed by atoms with E-state index < -0.39 is 5.97 Å². The third-order valence-corrected chi connectivity index (χ3v) is 4.02. The van der Waals surface area contributed by atoms with E-state index in [-0.39, 0.29) is 0 Å². The third kappa shape index (κ3) is 3.83. The van der Waals surface area contributed by atoms with Crippen molar-refractivity contribution in [3.8, 4) is 0 Å². The van der Waals surface area contributed by atoms with Crippen molar-refractivity contribution < 1.29 is 9.90 Å². The Kier molecular flexibility index (Phi) is 4.64. The van der Waals surface area contributed by atoms with Crippen LogP contribution in [-0.4, -0.2) is 24.2 Å². The molecule has 0 aliphatic carbocycles. The summed E-state index contributed by atoms with van der Waals surface area (Å²) < 4.78 is 1.02. The largest absolute Gasteiger partial charge is 0.478 e. The molecule has 2 rings (SSSR count). The molecule has 1 aliphatic rings. The van der Waals surface area contributed by atoms with Crippen molar-refractivity contribution >= 4 is 33.7 Å². The summed E-state index contributed by atoms with van der Waals surface area (Å²) in [4.78, 5) is 13.0. The van der Waals surface area contributed by atoms with E-state index in [1.807, 2.05) is 12.1 Å². The number of carbonyl (C=O) groups is 1. The highest BCUT2D eigenvalue weighted by Gasteiger charge is 2.17. The highest BCUT2D eigenvalue weighted by molar-refractivity contribution is 9.10. The molecule has 0 radical (unpaired) electrons. The number of aliphatic carboxylic acids is 1. The van der Waals surface area contributed by atoms with Gasteiger partial charge in [-0.15, -0.1) is 0 Å². The summed E-state index contributed by atoms with van der Waals surface area (Å²) in [6.45, 7) is 4.35. The zero-order valence-electron chi connectivity index (χ0n) is 11.0. The number of piperidine rings is 1. The van der Waals surface area contributed by atoms with Crippen LogP contribution in [0.2, 0.25) is 0 Å². The molecule has 1 aliphatic heterocycles. The van der Waals surface area contributed by atoms with Crippen molar-refractivity contribution in [2.24, 2.45) is 5.92 Å². The molecule has 102 valence electrons. The van der Waals surface area contributed by atoms with E-state index in [0.717, 1.165) is 34.7 Å². The SMILES string of the molecule is CC1CCN(c2cc(Br)ccc2C=CC(=O)O)CC1. The number of carboxylic acid groups (broad SMARTS) is 1. The molecule has 1 heterocycles. The molecule has 1 aromatic rings. The molecule has 1 saturated heterocycles. The molecule has 0 aromatic heterocycles. The molecule has 0 spiro atoms. The van der Waals surface area contributed by atoms with Gasteiger partial charge in [0, 0.05) is 29.3 Å². The number of hydrogen-bond acceptors (Lipinski definition) is 2. The fourth-order valence-corrected chi connectivity index (χ4v) is 2.69. The van der Waals surface area contributed by atoms with Gasteiger partial charge in [-0.2, -0.15) is 0 Å². The zero-order valence-corrected chi connectivity index (χ0v) is 12.6. The zero-order chi connectivity index (χ0) is 13.8. The van der Waals surface area contributed by atoms with Crippen LogP contribution in [-0.2, 0) is 4.79 Å². The van der Waals surface area contributed by atoms with Crippen LogP contribution in [0.1, 0.15) is 25.3 Å². The van der Waals surface area contributed by atoms with Gasteiger partial charge in [-0.3, -0.25) is 0 Å². The molecule has 4 heteroatoms. The van der Waals surface area contributed by atoms with Crippen LogP contribution in [0.4, 0.5) is 5.69 Å². The molecule has 0 unspecified atom stereocenters. The fourth-order valence-electron chi connectivity index (χ4n) is 2.34. The molecule has 1 aromatic carbocycles. The first-order chi connectivity index (χ1) is 9.06. The van der Waals surface area contributed by atoms with Gasteiger partial charge in [-0.1, -0.05) is 28.9 Å². The number of carboxylic acids is 1. The average Bonchev–Trinajstić information content (AvgIpc) is 2.38. The first-order valence-corrected chi connectivity index (χ1v) is 7.31. The molecule has 3 nitrogen and oxygen atoms in total. The Morgan fingerprint density at radius 2 is 2.11 bits per heavy atom. The minimum Gasteiger partial charge on any atom is -0.478 e. The monoisotopic (exact) mass is 323 g/mol. The van der Waals surface area contributed by atoms with E-state index in [1.54, 1.807) is 6.08 Å². The van der Waals surface area contributed by atoms with Crippen LogP contribution < -0.4 is 4.90 Å². The standard InChI is InChI=1S/C15H18BrNO2/c1-11-6-8-17(9-7-11)14-10-13(16)4-2-12(14)3-5-15(18)19/h2-5,10-11H,6-9H2,1H3,(H,18,19). The predicted octanol–water partition coefficient (Wildman–Crippen LogP) is 3.78. The van der Waals surface area contributed by atoms with Crippen LogP contribution in [0, 0.1) is 5.92 Å². The van der Waals surface area contributed by atoms with E-state index in [2.05, 4.69) is 33.8 Å². The van der Waals surface area contributed by atoms with Gasteiger partial charge < -0.3 is 10.0 Å². The third-order valence-electron chi connectivity index (χ3n) is 3.52. The molecule has 1 fully saturated rings. The number of nitrogens with zero attached hydrogens (tertiary/aromatic N) is 1. The maximum absolute atomic E-state index is 10.7. The van der Waals surface area contributed by atoms with Crippen molar-refractivity contribution in [1.29, 1.82) is 0 Å². The fraction of sp³-hybridized carbons (Fsp3) is 0.400. The van der Waals surface area contributed by atoms with E-state index in [1.165, 1.54) is 18.9 Å². The second-order valence-corrected chi connectivity index (χ2v) is 5.96. The lowest BCUT2D eigenvalue weighted by Gasteiger charge is -2.33. The Morgan fingerprint density at radius 3 is 2.74 bits per heavy atom. The van der Waals surface area contributed by atoms with Crippen LogP contribution in [0.3, 0.4) is 0 Å². The summed E-state index contributed by atoms with van der Waals surface area (Å²) in [5, 5.41) is 8.76. The molecule has 19 heavy (non-hydrogen) atoms. The maximum atomic E-state index is 10.7. The van der Waals surface area contributed by atoms with Gasteiger partial charge in [0.15, 0.2) is 0 Å². The van der Waals surface area contributed by atoms with Gasteiger partial charge in [0.25, 0.3) is 0 Å². The Hall–Kier alpha value is -1.29. The van der Waals surface area contributed by atoms with E-state index in [9.17, 15) is 4.79 Å². The van der Waals surface area contributed by atoms with Crippen molar-refractivity contribution in [2.45, 2.75) is 19.8 Å². The van der Waals surface area contributed by atoms with Gasteiger partial charge in [-0.05, 0) is 42.5 Å². The molecule has 0 amide bonds. The predicted molar refractivity (Wildman–Crippen MR) is 81.4 cm³/mol. The van der Waals surface area contributed by atoms with E-state index >= 15 is 0 Å². The first-order valence-electron chi connectivity index (χ1n) is 6.52. The van der Waals surface area contributed by atoms with Crippen LogP contribution in [0.15, 0.2) is 28.7 Å². The topological polar surface area (TPSA) is 40.5 Å². The smallest absolute Gasteiger partial charge is 0.328 e. The van der Waals surface area contributed by atoms with Crippen LogP contribution in [0.5, 0.6) is 0 Å². The molecule has 0 bridgehead atoms. The van der Waals surface area contributed by atoms with Gasteiger partial charge in [0.1, 0.15) is 0 Å². The van der Waals surface area contributed by atoms with Crippen molar-refractivity contribution in [2.75, 3.05) is 18.0 Å². The van der Waals surface area contributed by atoms with Crippen molar-refractivity contribution in [3.63, 3.8) is 0 Å². The summed E-state index contributed by atoms with van der Waals surface area (Å²) in [5.41, 5.74) is 2.07. The van der Waals surface area contributed by atoms with Crippen molar-refractivity contribution in [1.82, 2.24) is 0 Å². The number of rotatable bonds is 3. The Bertz CT molecular complexity index is 491. The van der Waals surface area contributed by atoms with Gasteiger partial charge >= 0.3 is 5.97 Å². The van der Waals surface area contributed by atoms with E-state index in [0.29, 0.717) is 0 Å². The Balaban J connectivity index is 2.26. The van der Waals surface area contributed by atoms with Crippen LogP contribution in [0.25, 0.3) is 6.08 Å². The summed E-state index contributed by atoms with van der Waals surface area (Å²) >= 11 is 3.49. The molecule has 0 saturated carbocycles. The average molecular weight is 324 g/mol. The molecular formula is C15H18BrNO2. The second kappa shape index (κ2) is 6.24. The Morgan fingerprint density at radius 1 is 1.42 bits per heavy atom. The van der Waals surface area contributed by atoms with Crippen LogP contribution >= 0.6 is 15.9 Å². The lowest BCUT2D eigenvalue weighted by Crippen LogP contribution is -2.33. The van der Waals surface area contributed by atoms with Gasteiger partial charge in [0.2, 0.25) is 0 Å². The molecule has 0 atom stereocenters. The van der Waals surface area contributed by atoms with E-state index in [4.69, 9.17) is 5.11 Å². The number of halogens is 1. The summed E-state index contributed by atoms with van der Waals surface area (Å²) in [6, 6.07) is 5.96. The lowest BCUT2D eigenvalue weighted by molar-refractivity contribution is -0.131. The molecular weight excluding hydrogens is 306 g/mol. The first kappa shape index (κ1) is 14.1. The van der Waals surface area contributed by atoms with Gasteiger partial charge in [-0.25, -0.2) is 4.79 Å². The molecule has 1 N–H and O–H groups in total.